The van der Waals surface area contributed by atoms with Gasteiger partial charge in [0.2, 0.25) is 0 Å². The molecule has 128 valence electrons. The fourth-order valence-electron chi connectivity index (χ4n) is 2.83. The van der Waals surface area contributed by atoms with E-state index in [9.17, 15) is 9.59 Å². The maximum atomic E-state index is 11.7. The number of nitrogens with one attached hydrogen (secondary N) is 2. The molecule has 1 aromatic heterocycles. The average Bonchev–Trinajstić information content (AvgIpc) is 2.92. The number of amides is 2. The lowest BCUT2D eigenvalue weighted by Gasteiger charge is -2.30. The number of hydrogen-bond acceptors (Lipinski definition) is 5. The molecule has 1 fully saturated rings. The van der Waals surface area contributed by atoms with Gasteiger partial charge in [-0.1, -0.05) is 12.1 Å². The number of carbonyl (C=O) groups is 2. The van der Waals surface area contributed by atoms with Gasteiger partial charge >= 0.3 is 11.8 Å². The van der Waals surface area contributed by atoms with E-state index in [1.54, 1.807) is 13.0 Å². The molecule has 2 rings (SSSR count). The van der Waals surface area contributed by atoms with E-state index in [0.717, 1.165) is 25.3 Å². The number of nitrogens with zero attached hydrogens (tertiary/aromatic N) is 2. The van der Waals surface area contributed by atoms with Gasteiger partial charge in [0.25, 0.3) is 0 Å². The van der Waals surface area contributed by atoms with Crippen LogP contribution in [0.1, 0.15) is 38.4 Å². The maximum Gasteiger partial charge on any atom is 0.314 e. The van der Waals surface area contributed by atoms with E-state index in [2.05, 4.69) is 27.6 Å². The molecule has 2 N–H and O–H groups in total. The second-order valence-corrected chi connectivity index (χ2v) is 6.29. The molecule has 1 aromatic rings. The minimum absolute atomic E-state index is 0.252. The summed E-state index contributed by atoms with van der Waals surface area (Å²) < 4.78 is 4.82. The summed E-state index contributed by atoms with van der Waals surface area (Å²) in [6, 6.07) is 1.56. The molecule has 23 heavy (non-hydrogen) atoms. The first-order valence-corrected chi connectivity index (χ1v) is 8.29. The topological polar surface area (TPSA) is 87.5 Å². The number of rotatable bonds is 6. The fourth-order valence-corrected chi connectivity index (χ4v) is 2.83. The summed E-state index contributed by atoms with van der Waals surface area (Å²) in [5.74, 6) is 0.252. The zero-order valence-electron chi connectivity index (χ0n) is 13.9. The van der Waals surface area contributed by atoms with E-state index < -0.39 is 11.8 Å². The average molecular weight is 322 g/mol. The van der Waals surface area contributed by atoms with Gasteiger partial charge in [-0.3, -0.25) is 14.9 Å². The van der Waals surface area contributed by atoms with Crippen molar-refractivity contribution in [1.29, 1.82) is 0 Å². The number of anilines is 1. The summed E-state index contributed by atoms with van der Waals surface area (Å²) in [6.45, 7) is 7.92. The molecule has 0 spiro atoms. The highest BCUT2D eigenvalue weighted by Crippen LogP contribution is 2.15. The second kappa shape index (κ2) is 8.67. The highest BCUT2D eigenvalue weighted by Gasteiger charge is 2.16. The third-order valence-corrected chi connectivity index (χ3v) is 4.00. The predicted octanol–water partition coefficient (Wildman–Crippen LogP) is 1.55. The fraction of sp³-hybridized carbons (Fsp3) is 0.688. The molecule has 1 aliphatic heterocycles. The number of unbranched alkanes of at least 4 members (excludes halogenated alkanes) is 1. The number of likely N-dealkylation sites (tertiary alicyclic amines) is 1. The molecule has 0 aliphatic carbocycles. The minimum atomic E-state index is -0.719. The summed E-state index contributed by atoms with van der Waals surface area (Å²) in [7, 11) is 0. The zero-order valence-corrected chi connectivity index (χ0v) is 13.9. The quantitative estimate of drug-likeness (QED) is 0.613. The summed E-state index contributed by atoms with van der Waals surface area (Å²) in [5.41, 5.74) is 0. The lowest BCUT2D eigenvalue weighted by atomic mass is 10.0. The van der Waals surface area contributed by atoms with Crippen LogP contribution in [0.15, 0.2) is 10.6 Å². The van der Waals surface area contributed by atoms with Crippen molar-refractivity contribution in [1.82, 2.24) is 15.4 Å². The normalized spacial score (nSPS) is 18.6. The smallest absolute Gasteiger partial charge is 0.314 e. The Kier molecular flexibility index (Phi) is 6.58. The van der Waals surface area contributed by atoms with Gasteiger partial charge in [0.15, 0.2) is 5.82 Å². The Balaban J connectivity index is 1.56. The van der Waals surface area contributed by atoms with Crippen molar-refractivity contribution in [2.45, 2.75) is 39.5 Å². The SMILES string of the molecule is Cc1cc(NC(=O)C(=O)NCCCCN2CCCC(C)C2)no1. The summed E-state index contributed by atoms with van der Waals surface area (Å²) in [4.78, 5) is 25.8. The Morgan fingerprint density at radius 1 is 1.39 bits per heavy atom. The van der Waals surface area contributed by atoms with Crippen LogP contribution in [0.5, 0.6) is 0 Å². The maximum absolute atomic E-state index is 11.7. The molecular weight excluding hydrogens is 296 g/mol. The molecule has 1 atom stereocenters. The number of aromatic nitrogens is 1. The second-order valence-electron chi connectivity index (χ2n) is 6.29. The third-order valence-electron chi connectivity index (χ3n) is 4.00. The van der Waals surface area contributed by atoms with E-state index >= 15 is 0 Å². The Bertz CT molecular complexity index is 529. The van der Waals surface area contributed by atoms with Gasteiger partial charge in [-0.15, -0.1) is 0 Å². The molecule has 0 bridgehead atoms. The van der Waals surface area contributed by atoms with Crippen molar-refractivity contribution in [3.63, 3.8) is 0 Å². The molecule has 1 aliphatic rings. The lowest BCUT2D eigenvalue weighted by Crippen LogP contribution is -2.37. The first kappa shape index (κ1) is 17.5. The van der Waals surface area contributed by atoms with Crippen LogP contribution in [0.25, 0.3) is 0 Å². The van der Waals surface area contributed by atoms with Crippen LogP contribution in [-0.2, 0) is 9.59 Å². The van der Waals surface area contributed by atoms with Crippen LogP contribution in [0, 0.1) is 12.8 Å². The van der Waals surface area contributed by atoms with Gasteiger partial charge in [0.1, 0.15) is 5.76 Å². The molecule has 7 heteroatoms. The highest BCUT2D eigenvalue weighted by atomic mass is 16.5. The van der Waals surface area contributed by atoms with Gasteiger partial charge in [0.05, 0.1) is 0 Å². The summed E-state index contributed by atoms with van der Waals surface area (Å²) in [5, 5.41) is 8.64. The molecule has 0 saturated carbocycles. The van der Waals surface area contributed by atoms with Crippen LogP contribution < -0.4 is 10.6 Å². The zero-order chi connectivity index (χ0) is 16.7. The predicted molar refractivity (Wildman–Crippen MR) is 87.0 cm³/mol. The molecule has 7 nitrogen and oxygen atoms in total. The standard InChI is InChI=1S/C16H26N4O3/c1-12-6-5-9-20(11-12)8-4-3-7-17-15(21)16(22)18-14-10-13(2)23-19-14/h10,12H,3-9,11H2,1-2H3,(H,17,21)(H,18,19,22). The Morgan fingerprint density at radius 2 is 2.22 bits per heavy atom. The van der Waals surface area contributed by atoms with Crippen molar-refractivity contribution in [3.8, 4) is 0 Å². The van der Waals surface area contributed by atoms with Crippen molar-refractivity contribution >= 4 is 17.6 Å². The largest absolute Gasteiger partial charge is 0.360 e. The lowest BCUT2D eigenvalue weighted by molar-refractivity contribution is -0.136. The van der Waals surface area contributed by atoms with Crippen LogP contribution in [0.3, 0.4) is 0 Å². The van der Waals surface area contributed by atoms with Crippen molar-refractivity contribution in [3.05, 3.63) is 11.8 Å². The summed E-state index contributed by atoms with van der Waals surface area (Å²) >= 11 is 0. The van der Waals surface area contributed by atoms with E-state index in [-0.39, 0.29) is 5.82 Å². The molecule has 2 amide bonds. The molecular formula is C16H26N4O3. The minimum Gasteiger partial charge on any atom is -0.360 e. The van der Waals surface area contributed by atoms with Crippen LogP contribution in [0.4, 0.5) is 5.82 Å². The van der Waals surface area contributed by atoms with E-state index in [1.807, 2.05) is 0 Å². The third kappa shape index (κ3) is 6.02. The monoisotopic (exact) mass is 322 g/mol. The van der Waals surface area contributed by atoms with Crippen LogP contribution in [-0.4, -0.2) is 48.0 Å². The molecule has 1 saturated heterocycles. The van der Waals surface area contributed by atoms with Gasteiger partial charge in [0, 0.05) is 19.2 Å². The van der Waals surface area contributed by atoms with Crippen molar-refractivity contribution in [2.24, 2.45) is 5.92 Å². The first-order chi connectivity index (χ1) is 11.0. The number of piperidine rings is 1. The Morgan fingerprint density at radius 3 is 2.91 bits per heavy atom. The van der Waals surface area contributed by atoms with Gasteiger partial charge < -0.3 is 14.7 Å². The molecule has 0 aromatic carbocycles. The van der Waals surface area contributed by atoms with Gasteiger partial charge in [-0.05, 0) is 51.6 Å². The first-order valence-electron chi connectivity index (χ1n) is 8.29. The number of aryl methyl sites for hydroxylation is 1. The van der Waals surface area contributed by atoms with E-state index in [0.29, 0.717) is 12.3 Å². The molecule has 2 heterocycles. The molecule has 0 radical (unpaired) electrons. The Hall–Kier alpha value is -1.89. The van der Waals surface area contributed by atoms with Crippen LogP contribution >= 0.6 is 0 Å². The van der Waals surface area contributed by atoms with E-state index in [1.165, 1.54) is 25.9 Å². The van der Waals surface area contributed by atoms with Crippen molar-refractivity contribution < 1.29 is 14.1 Å². The summed E-state index contributed by atoms with van der Waals surface area (Å²) in [6.07, 6.45) is 4.50. The van der Waals surface area contributed by atoms with E-state index in [4.69, 9.17) is 4.52 Å². The Labute approximate surface area is 136 Å². The van der Waals surface area contributed by atoms with Gasteiger partial charge in [-0.2, -0.15) is 0 Å². The van der Waals surface area contributed by atoms with Gasteiger partial charge in [-0.25, -0.2) is 0 Å². The molecule has 1 unspecified atom stereocenters. The van der Waals surface area contributed by atoms with Crippen molar-refractivity contribution in [2.75, 3.05) is 31.5 Å². The highest BCUT2D eigenvalue weighted by molar-refractivity contribution is 6.39. The number of carbonyl (C=O) groups excluding carboxylic acids is 2. The van der Waals surface area contributed by atoms with Crippen LogP contribution in [0.2, 0.25) is 0 Å². The number of hydrogen-bond donors (Lipinski definition) is 2.